The van der Waals surface area contributed by atoms with E-state index in [1.807, 2.05) is 13.0 Å². The second-order valence-corrected chi connectivity index (χ2v) is 7.00. The molecule has 0 saturated heterocycles. The lowest BCUT2D eigenvalue weighted by Gasteiger charge is -2.12. The molecule has 0 aromatic heterocycles. The third-order valence-electron chi connectivity index (χ3n) is 2.78. The molecule has 2 rings (SSSR count). The molecule has 2 aromatic rings. The van der Waals surface area contributed by atoms with Crippen LogP contribution in [0.3, 0.4) is 0 Å². The number of hydrogen-bond donors (Lipinski definition) is 2. The monoisotopic (exact) mass is 354 g/mol. The summed E-state index contributed by atoms with van der Waals surface area (Å²) < 4.78 is 28.2. The van der Waals surface area contributed by atoms with E-state index in [-0.39, 0.29) is 11.4 Å². The fourth-order valence-corrected chi connectivity index (χ4v) is 3.84. The number of rotatable bonds is 4. The number of benzene rings is 2. The Morgan fingerprint density at radius 3 is 2.55 bits per heavy atom. The van der Waals surface area contributed by atoms with Crippen molar-refractivity contribution in [2.75, 3.05) is 4.72 Å². The second kappa shape index (κ2) is 5.95. The Kier molecular flexibility index (Phi) is 4.47. The minimum absolute atomic E-state index is 0.175. The summed E-state index contributed by atoms with van der Waals surface area (Å²) >= 11 is 3.35. The number of aryl methyl sites for hydroxylation is 1. The summed E-state index contributed by atoms with van der Waals surface area (Å²) in [6.07, 6.45) is 0. The molecule has 106 valence electrons. The van der Waals surface area contributed by atoms with E-state index in [1.165, 1.54) is 0 Å². The molecule has 0 amide bonds. The topological polar surface area (TPSA) is 72.2 Å². The Morgan fingerprint density at radius 1 is 1.20 bits per heavy atom. The number of sulfonamides is 1. The van der Waals surface area contributed by atoms with Gasteiger partial charge in [-0.15, -0.1) is 0 Å². The first kappa shape index (κ1) is 15.0. The number of nitrogens with one attached hydrogen (secondary N) is 1. The lowest BCUT2D eigenvalue weighted by molar-refractivity contribution is 0.600. The van der Waals surface area contributed by atoms with Gasteiger partial charge in [0.25, 0.3) is 10.0 Å². The minimum Gasteiger partial charge on any atom is -0.326 e. The van der Waals surface area contributed by atoms with E-state index in [0.29, 0.717) is 11.3 Å². The molecule has 0 heterocycles. The molecule has 2 aromatic carbocycles. The second-order valence-electron chi connectivity index (χ2n) is 4.43. The maximum absolute atomic E-state index is 12.4. The number of hydrogen-bond acceptors (Lipinski definition) is 3. The third-order valence-corrected chi connectivity index (χ3v) is 4.72. The molecule has 6 heteroatoms. The average molecular weight is 355 g/mol. The van der Waals surface area contributed by atoms with Crippen molar-refractivity contribution in [1.29, 1.82) is 0 Å². The summed E-state index contributed by atoms with van der Waals surface area (Å²) in [5, 5.41) is 0. The van der Waals surface area contributed by atoms with Gasteiger partial charge in [-0.1, -0.05) is 34.1 Å². The molecule has 0 aliphatic rings. The van der Waals surface area contributed by atoms with Crippen LogP contribution in [0.1, 0.15) is 11.1 Å². The Bertz CT molecular complexity index is 709. The zero-order chi connectivity index (χ0) is 14.8. The smallest absolute Gasteiger partial charge is 0.262 e. The lowest BCUT2D eigenvalue weighted by atomic mass is 10.2. The average Bonchev–Trinajstić information content (AvgIpc) is 2.36. The first-order chi connectivity index (χ1) is 9.42. The first-order valence-corrected chi connectivity index (χ1v) is 8.28. The van der Waals surface area contributed by atoms with E-state index < -0.39 is 10.0 Å². The summed E-state index contributed by atoms with van der Waals surface area (Å²) in [6.45, 7) is 2.07. The number of nitrogens with two attached hydrogens (primary N) is 1. The first-order valence-electron chi connectivity index (χ1n) is 6.00. The summed E-state index contributed by atoms with van der Waals surface area (Å²) in [6, 6.07) is 12.1. The molecule has 20 heavy (non-hydrogen) atoms. The molecular formula is C14H15BrN2O2S. The van der Waals surface area contributed by atoms with Gasteiger partial charge in [0.2, 0.25) is 0 Å². The Balaban J connectivity index is 2.41. The van der Waals surface area contributed by atoms with Gasteiger partial charge in [0.1, 0.15) is 0 Å². The largest absolute Gasteiger partial charge is 0.326 e. The highest BCUT2D eigenvalue weighted by Gasteiger charge is 2.17. The van der Waals surface area contributed by atoms with Crippen LogP contribution in [0.4, 0.5) is 5.69 Å². The van der Waals surface area contributed by atoms with Crippen LogP contribution in [0.5, 0.6) is 0 Å². The molecular weight excluding hydrogens is 340 g/mol. The molecule has 0 bridgehead atoms. The van der Waals surface area contributed by atoms with Crippen molar-refractivity contribution in [2.24, 2.45) is 5.73 Å². The molecule has 0 aliphatic carbocycles. The third kappa shape index (κ3) is 3.39. The molecule has 0 saturated carbocycles. The predicted octanol–water partition coefficient (Wildman–Crippen LogP) is 3.02. The minimum atomic E-state index is -3.64. The maximum Gasteiger partial charge on any atom is 0.262 e. The van der Waals surface area contributed by atoms with Gasteiger partial charge in [-0.25, -0.2) is 8.42 Å². The van der Waals surface area contributed by atoms with Crippen molar-refractivity contribution in [1.82, 2.24) is 0 Å². The molecule has 4 nitrogen and oxygen atoms in total. The van der Waals surface area contributed by atoms with Gasteiger partial charge in [-0.2, -0.15) is 0 Å². The van der Waals surface area contributed by atoms with Crippen molar-refractivity contribution in [3.63, 3.8) is 0 Å². The normalized spacial score (nSPS) is 11.3. The van der Waals surface area contributed by atoms with Gasteiger partial charge in [0.15, 0.2) is 0 Å². The van der Waals surface area contributed by atoms with Crippen LogP contribution in [0.25, 0.3) is 0 Å². The van der Waals surface area contributed by atoms with Crippen LogP contribution >= 0.6 is 15.9 Å². The van der Waals surface area contributed by atoms with Crippen LogP contribution in [0.15, 0.2) is 51.8 Å². The Hall–Kier alpha value is -1.37. The SMILES string of the molecule is Cc1cc(Br)cc(NS(=O)(=O)c2ccccc2CN)c1. The lowest BCUT2D eigenvalue weighted by Crippen LogP contribution is -2.16. The summed E-state index contributed by atoms with van der Waals surface area (Å²) in [7, 11) is -3.64. The van der Waals surface area contributed by atoms with Crippen LogP contribution in [-0.4, -0.2) is 8.42 Å². The maximum atomic E-state index is 12.4. The van der Waals surface area contributed by atoms with Crippen LogP contribution in [-0.2, 0) is 16.6 Å². The van der Waals surface area contributed by atoms with E-state index in [0.717, 1.165) is 10.0 Å². The highest BCUT2D eigenvalue weighted by Crippen LogP contribution is 2.23. The molecule has 0 unspecified atom stereocenters. The van der Waals surface area contributed by atoms with E-state index in [2.05, 4.69) is 20.7 Å². The van der Waals surface area contributed by atoms with E-state index in [1.54, 1.807) is 36.4 Å². The van der Waals surface area contributed by atoms with Crippen molar-refractivity contribution >= 4 is 31.6 Å². The molecule has 0 aliphatic heterocycles. The highest BCUT2D eigenvalue weighted by molar-refractivity contribution is 9.10. The van der Waals surface area contributed by atoms with Gasteiger partial charge < -0.3 is 5.73 Å². The van der Waals surface area contributed by atoms with Gasteiger partial charge >= 0.3 is 0 Å². The quantitative estimate of drug-likeness (QED) is 0.886. The van der Waals surface area contributed by atoms with E-state index >= 15 is 0 Å². The van der Waals surface area contributed by atoms with Crippen molar-refractivity contribution in [3.05, 3.63) is 58.1 Å². The summed E-state index contributed by atoms with van der Waals surface area (Å²) in [5.41, 5.74) is 7.66. The molecule has 3 N–H and O–H groups in total. The number of halogens is 1. The van der Waals surface area contributed by atoms with Crippen molar-refractivity contribution in [3.8, 4) is 0 Å². The molecule has 0 atom stereocenters. The summed E-state index contributed by atoms with van der Waals surface area (Å²) in [5.74, 6) is 0. The fraction of sp³-hybridized carbons (Fsp3) is 0.143. The van der Waals surface area contributed by atoms with Gasteiger partial charge in [0, 0.05) is 11.0 Å². The Morgan fingerprint density at radius 2 is 1.90 bits per heavy atom. The van der Waals surface area contributed by atoms with Crippen molar-refractivity contribution < 1.29 is 8.42 Å². The zero-order valence-electron chi connectivity index (χ0n) is 10.9. The highest BCUT2D eigenvalue weighted by atomic mass is 79.9. The zero-order valence-corrected chi connectivity index (χ0v) is 13.3. The number of anilines is 1. The van der Waals surface area contributed by atoms with Gasteiger partial charge in [0.05, 0.1) is 10.6 Å². The molecule has 0 fully saturated rings. The summed E-state index contributed by atoms with van der Waals surface area (Å²) in [4.78, 5) is 0.208. The molecule has 0 spiro atoms. The van der Waals surface area contributed by atoms with Crippen LogP contribution in [0.2, 0.25) is 0 Å². The standard InChI is InChI=1S/C14H15BrN2O2S/c1-10-6-12(15)8-13(7-10)17-20(18,19)14-5-3-2-4-11(14)9-16/h2-8,17H,9,16H2,1H3. The van der Waals surface area contributed by atoms with E-state index in [4.69, 9.17) is 5.73 Å². The predicted molar refractivity (Wildman–Crippen MR) is 84.0 cm³/mol. The van der Waals surface area contributed by atoms with E-state index in [9.17, 15) is 8.42 Å². The Labute approximate surface area is 127 Å². The van der Waals surface area contributed by atoms with Crippen LogP contribution < -0.4 is 10.5 Å². The van der Waals surface area contributed by atoms with Gasteiger partial charge in [-0.05, 0) is 42.3 Å². The fourth-order valence-electron chi connectivity index (χ4n) is 1.94. The van der Waals surface area contributed by atoms with Crippen molar-refractivity contribution in [2.45, 2.75) is 18.4 Å². The van der Waals surface area contributed by atoms with Gasteiger partial charge in [-0.3, -0.25) is 4.72 Å². The molecule has 0 radical (unpaired) electrons. The van der Waals surface area contributed by atoms with Crippen LogP contribution in [0, 0.1) is 6.92 Å².